The Hall–Kier alpha value is -1.86. The van der Waals surface area contributed by atoms with Gasteiger partial charge in [0, 0.05) is 26.3 Å². The number of hydrogen-bond acceptors (Lipinski definition) is 4. The number of hydrogen-bond donors (Lipinski definition) is 0. The highest BCUT2D eigenvalue weighted by Gasteiger charge is 2.38. The summed E-state index contributed by atoms with van der Waals surface area (Å²) in [5.74, 6) is -3.62. The fourth-order valence-corrected chi connectivity index (χ4v) is 2.13. The molecule has 0 unspecified atom stereocenters. The predicted octanol–water partition coefficient (Wildman–Crippen LogP) is 1.55. The van der Waals surface area contributed by atoms with Crippen LogP contribution >= 0.6 is 0 Å². The molecule has 1 heterocycles. The van der Waals surface area contributed by atoms with Crippen LogP contribution in [0.5, 0.6) is 0 Å². The third kappa shape index (κ3) is 3.25. The van der Waals surface area contributed by atoms with E-state index in [0.29, 0.717) is 32.3 Å². The van der Waals surface area contributed by atoms with Crippen molar-refractivity contribution in [2.75, 3.05) is 38.4 Å². The van der Waals surface area contributed by atoms with Gasteiger partial charge in [0.25, 0.3) is 11.7 Å². The molecule has 0 radical (unpaired) electrons. The third-order valence-electron chi connectivity index (χ3n) is 3.09. The first-order valence-corrected chi connectivity index (χ1v) is 6.48. The Morgan fingerprint density at radius 1 is 1.14 bits per heavy atom. The summed E-state index contributed by atoms with van der Waals surface area (Å²) in [5, 5.41) is 0. The molecule has 0 saturated carbocycles. The first kappa shape index (κ1) is 15.5. The van der Waals surface area contributed by atoms with E-state index in [2.05, 4.69) is 0 Å². The fourth-order valence-electron chi connectivity index (χ4n) is 2.13. The number of nitrogens with zero attached hydrogens (tertiary/aromatic N) is 1. The van der Waals surface area contributed by atoms with Crippen LogP contribution in [0.15, 0.2) is 12.1 Å². The molecule has 1 amide bonds. The van der Waals surface area contributed by atoms with Crippen LogP contribution < -0.4 is 4.90 Å². The van der Waals surface area contributed by atoms with E-state index < -0.39 is 23.3 Å². The second-order valence-electron chi connectivity index (χ2n) is 4.53. The van der Waals surface area contributed by atoms with E-state index in [1.54, 1.807) is 7.11 Å². The van der Waals surface area contributed by atoms with Gasteiger partial charge in [-0.25, -0.2) is 8.78 Å². The largest absolute Gasteiger partial charge is 0.382 e. The molecule has 0 aliphatic carbocycles. The lowest BCUT2D eigenvalue weighted by atomic mass is 10.1. The van der Waals surface area contributed by atoms with E-state index in [-0.39, 0.29) is 17.8 Å². The number of carbonyl (C=O) groups is 2. The van der Waals surface area contributed by atoms with Crippen molar-refractivity contribution in [3.63, 3.8) is 0 Å². The van der Waals surface area contributed by atoms with Gasteiger partial charge in [-0.05, 0) is 12.5 Å². The average molecular weight is 299 g/mol. The van der Waals surface area contributed by atoms with Crippen molar-refractivity contribution in [2.45, 2.75) is 6.42 Å². The molecular weight excluding hydrogens is 284 g/mol. The van der Waals surface area contributed by atoms with Gasteiger partial charge in [-0.2, -0.15) is 0 Å². The summed E-state index contributed by atoms with van der Waals surface area (Å²) >= 11 is 0. The number of fused-ring (bicyclic) bond motifs is 1. The highest BCUT2D eigenvalue weighted by Crippen LogP contribution is 2.31. The summed E-state index contributed by atoms with van der Waals surface area (Å²) in [7, 11) is 1.55. The zero-order chi connectivity index (χ0) is 15.4. The maximum atomic E-state index is 13.6. The number of benzene rings is 1. The Kier molecular flexibility index (Phi) is 4.98. The van der Waals surface area contributed by atoms with Gasteiger partial charge in [0.15, 0.2) is 0 Å². The normalized spacial score (nSPS) is 14.0. The molecule has 5 nitrogen and oxygen atoms in total. The number of amides is 1. The zero-order valence-corrected chi connectivity index (χ0v) is 11.5. The summed E-state index contributed by atoms with van der Waals surface area (Å²) in [5.41, 5.74) is -0.374. The lowest BCUT2D eigenvalue weighted by molar-refractivity contribution is -0.114. The summed E-state index contributed by atoms with van der Waals surface area (Å²) in [6.07, 6.45) is 0.445. The molecule has 0 spiro atoms. The van der Waals surface area contributed by atoms with E-state index in [1.807, 2.05) is 0 Å². The van der Waals surface area contributed by atoms with Gasteiger partial charge in [0.05, 0.1) is 24.5 Å². The molecule has 21 heavy (non-hydrogen) atoms. The number of carbonyl (C=O) groups excluding carboxylic acids is 2. The number of ketones is 1. The molecule has 2 rings (SSSR count). The van der Waals surface area contributed by atoms with Crippen molar-refractivity contribution in [3.8, 4) is 0 Å². The van der Waals surface area contributed by atoms with Gasteiger partial charge in [-0.3, -0.25) is 9.59 Å². The highest BCUT2D eigenvalue weighted by atomic mass is 19.1. The van der Waals surface area contributed by atoms with Gasteiger partial charge in [-0.15, -0.1) is 0 Å². The smallest absolute Gasteiger partial charge is 0.299 e. The Bertz CT molecular complexity index is 562. The quantitative estimate of drug-likeness (QED) is 0.566. The van der Waals surface area contributed by atoms with Gasteiger partial charge in [0.1, 0.15) is 11.6 Å². The van der Waals surface area contributed by atoms with Crippen molar-refractivity contribution < 1.29 is 27.8 Å². The highest BCUT2D eigenvalue weighted by molar-refractivity contribution is 6.52. The van der Waals surface area contributed by atoms with Crippen LogP contribution in [0.3, 0.4) is 0 Å². The predicted molar refractivity (Wildman–Crippen MR) is 70.4 cm³/mol. The maximum absolute atomic E-state index is 13.6. The van der Waals surface area contributed by atoms with E-state index in [9.17, 15) is 18.4 Å². The first-order valence-electron chi connectivity index (χ1n) is 6.48. The molecule has 1 aliphatic rings. The summed E-state index contributed by atoms with van der Waals surface area (Å²) in [4.78, 5) is 24.6. The second kappa shape index (κ2) is 6.73. The second-order valence-corrected chi connectivity index (χ2v) is 4.53. The van der Waals surface area contributed by atoms with Crippen molar-refractivity contribution in [1.82, 2.24) is 0 Å². The van der Waals surface area contributed by atoms with Crippen LogP contribution in [0.25, 0.3) is 0 Å². The minimum absolute atomic E-state index is 0.0145. The molecule has 0 saturated heterocycles. The Balaban J connectivity index is 2.02. The van der Waals surface area contributed by atoms with Crippen molar-refractivity contribution in [2.24, 2.45) is 0 Å². The zero-order valence-electron chi connectivity index (χ0n) is 11.5. The first-order chi connectivity index (χ1) is 10.1. The standard InChI is InChI=1S/C14H15F2NO4/c1-20-5-6-21-4-2-3-17-11-8-9(15)7-10(16)12(11)13(18)14(17)19/h7-8H,2-6H2,1H3. The number of anilines is 1. The lowest BCUT2D eigenvalue weighted by Crippen LogP contribution is -2.31. The van der Waals surface area contributed by atoms with Crippen LogP contribution in [0.4, 0.5) is 14.5 Å². The Labute approximate surface area is 120 Å². The maximum Gasteiger partial charge on any atom is 0.299 e. The minimum Gasteiger partial charge on any atom is -0.382 e. The molecule has 1 aromatic carbocycles. The lowest BCUT2D eigenvalue weighted by Gasteiger charge is -2.16. The minimum atomic E-state index is -1.01. The summed E-state index contributed by atoms with van der Waals surface area (Å²) in [6.45, 7) is 1.39. The summed E-state index contributed by atoms with van der Waals surface area (Å²) < 4.78 is 36.9. The SMILES string of the molecule is COCCOCCCN1C(=O)C(=O)c2c(F)cc(F)cc21. The van der Waals surface area contributed by atoms with Crippen molar-refractivity contribution >= 4 is 17.4 Å². The molecule has 0 atom stereocenters. The van der Waals surface area contributed by atoms with Crippen LogP contribution in [-0.2, 0) is 14.3 Å². The molecule has 1 aliphatic heterocycles. The molecule has 0 aromatic heterocycles. The van der Waals surface area contributed by atoms with Gasteiger partial charge in [0.2, 0.25) is 0 Å². The van der Waals surface area contributed by atoms with Crippen LogP contribution in [0.2, 0.25) is 0 Å². The van der Waals surface area contributed by atoms with E-state index in [4.69, 9.17) is 9.47 Å². The molecule has 0 N–H and O–H groups in total. The fraction of sp³-hybridized carbons (Fsp3) is 0.429. The van der Waals surface area contributed by atoms with Crippen LogP contribution in [0.1, 0.15) is 16.8 Å². The van der Waals surface area contributed by atoms with Gasteiger partial charge in [-0.1, -0.05) is 0 Å². The van der Waals surface area contributed by atoms with E-state index in [1.165, 1.54) is 0 Å². The van der Waals surface area contributed by atoms with Crippen molar-refractivity contribution in [1.29, 1.82) is 0 Å². The molecule has 7 heteroatoms. The third-order valence-corrected chi connectivity index (χ3v) is 3.09. The number of Topliss-reactive ketones (excluding diaryl/α,β-unsaturated/α-hetero) is 1. The van der Waals surface area contributed by atoms with E-state index >= 15 is 0 Å². The molecule has 114 valence electrons. The Morgan fingerprint density at radius 2 is 1.90 bits per heavy atom. The van der Waals surface area contributed by atoms with Crippen molar-refractivity contribution in [3.05, 3.63) is 29.3 Å². The Morgan fingerprint density at radius 3 is 2.62 bits per heavy atom. The molecule has 0 bridgehead atoms. The monoisotopic (exact) mass is 299 g/mol. The van der Waals surface area contributed by atoms with Gasteiger partial charge < -0.3 is 14.4 Å². The van der Waals surface area contributed by atoms with Gasteiger partial charge >= 0.3 is 0 Å². The average Bonchev–Trinajstić information content (AvgIpc) is 2.67. The van der Waals surface area contributed by atoms with E-state index in [0.717, 1.165) is 11.0 Å². The molecule has 1 aromatic rings. The number of ether oxygens (including phenoxy) is 2. The number of methoxy groups -OCH3 is 1. The topological polar surface area (TPSA) is 55.8 Å². The molecular formula is C14H15F2NO4. The van der Waals surface area contributed by atoms with Crippen LogP contribution in [0, 0.1) is 11.6 Å². The van der Waals surface area contributed by atoms with Crippen LogP contribution in [-0.4, -0.2) is 45.2 Å². The molecule has 0 fully saturated rings. The number of rotatable bonds is 7. The summed E-state index contributed by atoms with van der Waals surface area (Å²) in [6, 6.07) is 1.59. The number of halogens is 2.